The first-order valence-electron chi connectivity index (χ1n) is 7.07. The zero-order valence-corrected chi connectivity index (χ0v) is 12.6. The molecule has 3 aromatic heterocycles. The summed E-state index contributed by atoms with van der Waals surface area (Å²) in [5.74, 6) is 2.64. The van der Waals surface area contributed by atoms with Crippen molar-refractivity contribution in [3.05, 3.63) is 35.6 Å². The molecule has 0 spiro atoms. The molecule has 1 fully saturated rings. The Morgan fingerprint density at radius 2 is 2.29 bits per heavy atom. The fourth-order valence-corrected chi connectivity index (χ4v) is 3.26. The van der Waals surface area contributed by atoms with Crippen LogP contribution in [0.3, 0.4) is 0 Å². The third-order valence-corrected chi connectivity index (χ3v) is 4.50. The first-order valence-corrected chi connectivity index (χ1v) is 7.95. The van der Waals surface area contributed by atoms with E-state index in [1.807, 2.05) is 19.2 Å². The van der Waals surface area contributed by atoms with Crippen molar-refractivity contribution in [1.82, 2.24) is 9.97 Å². The van der Waals surface area contributed by atoms with Crippen molar-refractivity contribution in [3.8, 4) is 0 Å². The highest BCUT2D eigenvalue weighted by atomic mass is 32.1. The van der Waals surface area contributed by atoms with Gasteiger partial charge >= 0.3 is 0 Å². The summed E-state index contributed by atoms with van der Waals surface area (Å²) in [7, 11) is 1.85. The van der Waals surface area contributed by atoms with E-state index in [1.54, 1.807) is 17.6 Å². The standard InChI is InChI=1S/C15H16N4OS/c1-16-15-17-13(12-6-8-21-14(12)18-15)19(10-4-5-10)9-11-3-2-7-20-11/h2-3,6-8,10H,4-5,9H2,1H3,(H,16,17,18). The molecular formula is C15H16N4OS. The van der Waals surface area contributed by atoms with E-state index in [2.05, 4.69) is 26.6 Å². The lowest BCUT2D eigenvalue weighted by molar-refractivity contribution is 0.500. The van der Waals surface area contributed by atoms with Gasteiger partial charge in [-0.25, -0.2) is 4.98 Å². The zero-order valence-electron chi connectivity index (χ0n) is 11.7. The topological polar surface area (TPSA) is 54.2 Å². The molecule has 4 rings (SSSR count). The summed E-state index contributed by atoms with van der Waals surface area (Å²) in [5.41, 5.74) is 0. The second-order valence-electron chi connectivity index (χ2n) is 5.20. The second-order valence-corrected chi connectivity index (χ2v) is 6.09. The van der Waals surface area contributed by atoms with Crippen LogP contribution in [0.1, 0.15) is 18.6 Å². The minimum atomic E-state index is 0.554. The second kappa shape index (κ2) is 5.04. The number of aromatic nitrogens is 2. The smallest absolute Gasteiger partial charge is 0.225 e. The van der Waals surface area contributed by atoms with E-state index < -0.39 is 0 Å². The first-order chi connectivity index (χ1) is 10.3. The summed E-state index contributed by atoms with van der Waals surface area (Å²) >= 11 is 1.65. The summed E-state index contributed by atoms with van der Waals surface area (Å²) in [5, 5.41) is 6.25. The van der Waals surface area contributed by atoms with Gasteiger partial charge in [0.1, 0.15) is 16.4 Å². The fourth-order valence-electron chi connectivity index (χ4n) is 2.50. The number of hydrogen-bond donors (Lipinski definition) is 1. The van der Waals surface area contributed by atoms with Gasteiger partial charge in [-0.3, -0.25) is 0 Å². The van der Waals surface area contributed by atoms with E-state index in [-0.39, 0.29) is 0 Å². The Morgan fingerprint density at radius 1 is 1.38 bits per heavy atom. The van der Waals surface area contributed by atoms with Crippen LogP contribution in [0.15, 0.2) is 34.3 Å². The highest BCUT2D eigenvalue weighted by Gasteiger charge is 2.32. The Kier molecular flexibility index (Phi) is 3.03. The lowest BCUT2D eigenvalue weighted by atomic mass is 10.3. The molecule has 6 heteroatoms. The van der Waals surface area contributed by atoms with Gasteiger partial charge in [-0.2, -0.15) is 4.98 Å². The number of thiophene rings is 1. The lowest BCUT2D eigenvalue weighted by Crippen LogP contribution is -2.26. The Morgan fingerprint density at radius 3 is 3.00 bits per heavy atom. The molecule has 0 saturated heterocycles. The van der Waals surface area contributed by atoms with Crippen LogP contribution >= 0.6 is 11.3 Å². The maximum absolute atomic E-state index is 5.52. The number of nitrogens with zero attached hydrogens (tertiary/aromatic N) is 3. The van der Waals surface area contributed by atoms with Crippen LogP contribution in [0.4, 0.5) is 11.8 Å². The molecule has 0 atom stereocenters. The highest BCUT2D eigenvalue weighted by molar-refractivity contribution is 7.16. The summed E-state index contributed by atoms with van der Waals surface area (Å²) in [4.78, 5) is 12.6. The van der Waals surface area contributed by atoms with Crippen molar-refractivity contribution in [1.29, 1.82) is 0 Å². The molecule has 0 aliphatic heterocycles. The van der Waals surface area contributed by atoms with Crippen molar-refractivity contribution in [2.45, 2.75) is 25.4 Å². The van der Waals surface area contributed by atoms with Crippen molar-refractivity contribution >= 4 is 33.3 Å². The number of fused-ring (bicyclic) bond motifs is 1. The predicted octanol–water partition coefficient (Wildman–Crippen LogP) is 3.50. The van der Waals surface area contributed by atoms with E-state index in [1.165, 1.54) is 12.8 Å². The SMILES string of the molecule is CNc1nc(N(Cc2ccco2)C2CC2)c2ccsc2n1. The average molecular weight is 300 g/mol. The van der Waals surface area contributed by atoms with Crippen LogP contribution < -0.4 is 10.2 Å². The summed E-state index contributed by atoms with van der Waals surface area (Å²) in [6.45, 7) is 0.753. The van der Waals surface area contributed by atoms with Gasteiger partial charge in [-0.05, 0) is 36.4 Å². The fraction of sp³-hybridized carbons (Fsp3) is 0.333. The predicted molar refractivity (Wildman–Crippen MR) is 84.9 cm³/mol. The maximum Gasteiger partial charge on any atom is 0.225 e. The molecule has 5 nitrogen and oxygen atoms in total. The molecule has 0 aromatic carbocycles. The zero-order chi connectivity index (χ0) is 14.2. The Labute approximate surface area is 126 Å². The molecule has 0 amide bonds. The molecule has 21 heavy (non-hydrogen) atoms. The Bertz CT molecular complexity index is 748. The number of nitrogens with one attached hydrogen (secondary N) is 1. The third kappa shape index (κ3) is 2.35. The Hall–Kier alpha value is -2.08. The van der Waals surface area contributed by atoms with Gasteiger partial charge < -0.3 is 14.6 Å². The van der Waals surface area contributed by atoms with Crippen molar-refractivity contribution in [2.75, 3.05) is 17.3 Å². The van der Waals surface area contributed by atoms with Gasteiger partial charge in [-0.15, -0.1) is 11.3 Å². The van der Waals surface area contributed by atoms with Crippen LogP contribution in [-0.4, -0.2) is 23.1 Å². The Balaban J connectivity index is 1.79. The maximum atomic E-state index is 5.52. The van der Waals surface area contributed by atoms with Gasteiger partial charge in [0, 0.05) is 13.1 Å². The molecule has 3 aromatic rings. The lowest BCUT2D eigenvalue weighted by Gasteiger charge is -2.23. The largest absolute Gasteiger partial charge is 0.467 e. The number of rotatable bonds is 5. The molecule has 0 bridgehead atoms. The molecule has 3 heterocycles. The van der Waals surface area contributed by atoms with Gasteiger partial charge in [0.15, 0.2) is 0 Å². The highest BCUT2D eigenvalue weighted by Crippen LogP contribution is 2.37. The first kappa shape index (κ1) is 12.6. The van der Waals surface area contributed by atoms with Gasteiger partial charge in [-0.1, -0.05) is 0 Å². The average Bonchev–Trinajstić information content (AvgIpc) is 3.02. The third-order valence-electron chi connectivity index (χ3n) is 3.69. The molecule has 1 N–H and O–H groups in total. The molecule has 108 valence electrons. The molecular weight excluding hydrogens is 284 g/mol. The number of hydrogen-bond acceptors (Lipinski definition) is 6. The quantitative estimate of drug-likeness (QED) is 0.781. The number of anilines is 2. The minimum Gasteiger partial charge on any atom is -0.467 e. The normalized spacial score (nSPS) is 14.5. The van der Waals surface area contributed by atoms with Gasteiger partial charge in [0.2, 0.25) is 5.95 Å². The minimum absolute atomic E-state index is 0.554. The molecule has 1 aliphatic rings. The summed E-state index contributed by atoms with van der Waals surface area (Å²) < 4.78 is 5.52. The monoisotopic (exact) mass is 300 g/mol. The summed E-state index contributed by atoms with van der Waals surface area (Å²) in [6, 6.07) is 6.60. The molecule has 0 unspecified atom stereocenters. The van der Waals surface area contributed by atoms with Crippen molar-refractivity contribution in [2.24, 2.45) is 0 Å². The van der Waals surface area contributed by atoms with Crippen LogP contribution in [0.5, 0.6) is 0 Å². The van der Waals surface area contributed by atoms with E-state index in [9.17, 15) is 0 Å². The van der Waals surface area contributed by atoms with Crippen molar-refractivity contribution in [3.63, 3.8) is 0 Å². The van der Waals surface area contributed by atoms with E-state index in [0.717, 1.165) is 28.3 Å². The van der Waals surface area contributed by atoms with Gasteiger partial charge in [0.25, 0.3) is 0 Å². The van der Waals surface area contributed by atoms with Crippen molar-refractivity contribution < 1.29 is 4.42 Å². The van der Waals surface area contributed by atoms with Crippen LogP contribution in [0.2, 0.25) is 0 Å². The van der Waals surface area contributed by atoms with Crippen LogP contribution in [-0.2, 0) is 6.54 Å². The van der Waals surface area contributed by atoms with E-state index in [0.29, 0.717) is 12.0 Å². The number of furan rings is 1. The van der Waals surface area contributed by atoms with Gasteiger partial charge in [0.05, 0.1) is 18.2 Å². The van der Waals surface area contributed by atoms with Crippen LogP contribution in [0, 0.1) is 0 Å². The van der Waals surface area contributed by atoms with E-state index >= 15 is 0 Å². The molecule has 1 saturated carbocycles. The molecule has 0 radical (unpaired) electrons. The summed E-state index contributed by atoms with van der Waals surface area (Å²) in [6.07, 6.45) is 4.15. The van der Waals surface area contributed by atoms with E-state index in [4.69, 9.17) is 9.40 Å². The molecule has 1 aliphatic carbocycles. The van der Waals surface area contributed by atoms with Crippen LogP contribution in [0.25, 0.3) is 10.2 Å².